The van der Waals surface area contributed by atoms with E-state index in [0.29, 0.717) is 18.2 Å². The molecule has 2 heterocycles. The third-order valence-electron chi connectivity index (χ3n) is 4.64. The molecule has 0 saturated heterocycles. The summed E-state index contributed by atoms with van der Waals surface area (Å²) in [6.07, 6.45) is 6.10. The van der Waals surface area contributed by atoms with Crippen LogP contribution in [0.1, 0.15) is 62.4 Å². The molecule has 2 rings (SSSR count). The number of carbonyl (C=O) groups excluding carboxylic acids is 1. The summed E-state index contributed by atoms with van der Waals surface area (Å²) in [7, 11) is 0. The third-order valence-corrected chi connectivity index (χ3v) is 5.63. The van der Waals surface area contributed by atoms with Crippen molar-refractivity contribution in [2.75, 3.05) is 13.1 Å². The van der Waals surface area contributed by atoms with Crippen LogP contribution in [0.25, 0.3) is 0 Å². The Morgan fingerprint density at radius 2 is 2.29 bits per heavy atom. The van der Waals surface area contributed by atoms with Crippen molar-refractivity contribution in [2.45, 2.75) is 58.4 Å². The molecule has 0 saturated carbocycles. The van der Waals surface area contributed by atoms with Gasteiger partial charge in [-0.15, -0.1) is 11.3 Å². The van der Waals surface area contributed by atoms with Crippen molar-refractivity contribution >= 4 is 17.2 Å². The molecule has 0 aliphatic carbocycles. The molecule has 0 spiro atoms. The average Bonchev–Trinajstić information content (AvgIpc) is 2.95. The first-order valence-corrected chi connectivity index (χ1v) is 9.11. The fourth-order valence-corrected chi connectivity index (χ4v) is 4.36. The summed E-state index contributed by atoms with van der Waals surface area (Å²) >= 11 is 1.82. The first-order valence-electron chi connectivity index (χ1n) is 8.23. The van der Waals surface area contributed by atoms with Crippen LogP contribution in [0, 0.1) is 5.92 Å². The van der Waals surface area contributed by atoms with E-state index in [1.807, 2.05) is 11.3 Å². The van der Waals surface area contributed by atoms with Gasteiger partial charge in [0.25, 0.3) is 0 Å². The number of carbonyl (C=O) groups is 1. The second kappa shape index (κ2) is 7.95. The van der Waals surface area contributed by atoms with Gasteiger partial charge >= 0.3 is 0 Å². The molecule has 1 aromatic rings. The van der Waals surface area contributed by atoms with Gasteiger partial charge in [-0.25, -0.2) is 0 Å². The van der Waals surface area contributed by atoms with Gasteiger partial charge in [-0.1, -0.05) is 19.8 Å². The van der Waals surface area contributed by atoms with Crippen molar-refractivity contribution in [1.29, 1.82) is 0 Å². The van der Waals surface area contributed by atoms with Crippen LogP contribution in [0.4, 0.5) is 0 Å². The van der Waals surface area contributed by atoms with Gasteiger partial charge in [0.1, 0.15) is 0 Å². The van der Waals surface area contributed by atoms with Crippen LogP contribution in [-0.2, 0) is 11.2 Å². The maximum absolute atomic E-state index is 12.6. The van der Waals surface area contributed by atoms with Gasteiger partial charge in [0.2, 0.25) is 5.91 Å². The van der Waals surface area contributed by atoms with E-state index in [-0.39, 0.29) is 6.04 Å². The Kier molecular flexibility index (Phi) is 6.24. The Hall–Kier alpha value is -0.870. The smallest absolute Gasteiger partial charge is 0.223 e. The second-order valence-corrected chi connectivity index (χ2v) is 7.08. The highest BCUT2D eigenvalue weighted by Gasteiger charge is 2.28. The monoisotopic (exact) mass is 308 g/mol. The van der Waals surface area contributed by atoms with E-state index in [1.54, 1.807) is 0 Å². The summed E-state index contributed by atoms with van der Waals surface area (Å²) in [5.41, 5.74) is 7.03. The van der Waals surface area contributed by atoms with Gasteiger partial charge in [-0.3, -0.25) is 4.79 Å². The van der Waals surface area contributed by atoms with Gasteiger partial charge in [0, 0.05) is 17.8 Å². The van der Waals surface area contributed by atoms with Crippen molar-refractivity contribution in [1.82, 2.24) is 4.90 Å². The van der Waals surface area contributed by atoms with Crippen molar-refractivity contribution in [2.24, 2.45) is 11.7 Å². The van der Waals surface area contributed by atoms with E-state index in [4.69, 9.17) is 5.73 Å². The van der Waals surface area contributed by atoms with Crippen molar-refractivity contribution in [3.05, 3.63) is 21.9 Å². The van der Waals surface area contributed by atoms with E-state index >= 15 is 0 Å². The first kappa shape index (κ1) is 16.5. The lowest BCUT2D eigenvalue weighted by molar-refractivity contribution is -0.134. The SMILES string of the molecule is CCCC(CCN)CCC(=O)N1CCc2sccc2C1C. The Labute approximate surface area is 132 Å². The highest BCUT2D eigenvalue weighted by molar-refractivity contribution is 7.10. The molecule has 2 N–H and O–H groups in total. The molecule has 1 aromatic heterocycles. The maximum atomic E-state index is 12.6. The molecule has 1 amide bonds. The normalized spacial score (nSPS) is 19.4. The molecule has 3 nitrogen and oxygen atoms in total. The van der Waals surface area contributed by atoms with E-state index in [0.717, 1.165) is 32.4 Å². The number of amides is 1. The van der Waals surface area contributed by atoms with Crippen LogP contribution in [0.3, 0.4) is 0 Å². The molecule has 1 aliphatic rings. The zero-order valence-electron chi connectivity index (χ0n) is 13.3. The molecule has 0 fully saturated rings. The Morgan fingerprint density at radius 1 is 1.48 bits per heavy atom. The van der Waals surface area contributed by atoms with Gasteiger partial charge in [-0.05, 0) is 55.7 Å². The number of hydrogen-bond acceptors (Lipinski definition) is 3. The number of nitrogens with two attached hydrogens (primary N) is 1. The van der Waals surface area contributed by atoms with Crippen LogP contribution in [-0.4, -0.2) is 23.9 Å². The van der Waals surface area contributed by atoms with Gasteiger partial charge in [-0.2, -0.15) is 0 Å². The molecular weight excluding hydrogens is 280 g/mol. The van der Waals surface area contributed by atoms with Crippen molar-refractivity contribution in [3.63, 3.8) is 0 Å². The molecular formula is C17H28N2OS. The molecule has 0 bridgehead atoms. The van der Waals surface area contributed by atoms with E-state index in [1.165, 1.54) is 23.3 Å². The molecule has 0 radical (unpaired) electrons. The van der Waals surface area contributed by atoms with Crippen molar-refractivity contribution < 1.29 is 4.79 Å². The minimum atomic E-state index is 0.242. The first-order chi connectivity index (χ1) is 10.2. The maximum Gasteiger partial charge on any atom is 0.223 e. The Morgan fingerprint density at radius 3 is 3.00 bits per heavy atom. The van der Waals surface area contributed by atoms with Crippen LogP contribution in [0.15, 0.2) is 11.4 Å². The summed E-state index contributed by atoms with van der Waals surface area (Å²) in [5.74, 6) is 0.929. The summed E-state index contributed by atoms with van der Waals surface area (Å²) in [4.78, 5) is 16.1. The lowest BCUT2D eigenvalue weighted by atomic mass is 9.93. The van der Waals surface area contributed by atoms with E-state index < -0.39 is 0 Å². The molecule has 2 unspecified atom stereocenters. The topological polar surface area (TPSA) is 46.3 Å². The van der Waals surface area contributed by atoms with Crippen LogP contribution in [0.5, 0.6) is 0 Å². The summed E-state index contributed by atoms with van der Waals surface area (Å²) in [6, 6.07) is 2.42. The van der Waals surface area contributed by atoms with Gasteiger partial charge in [0.15, 0.2) is 0 Å². The minimum Gasteiger partial charge on any atom is -0.336 e. The summed E-state index contributed by atoms with van der Waals surface area (Å²) < 4.78 is 0. The number of thiophene rings is 1. The fourth-order valence-electron chi connectivity index (χ4n) is 3.40. The van der Waals surface area contributed by atoms with E-state index in [2.05, 4.69) is 30.2 Å². The average molecular weight is 308 g/mol. The standard InChI is InChI=1S/C17H28N2OS/c1-3-4-14(7-10-18)5-6-17(20)19-11-8-16-15(13(19)2)9-12-21-16/h9,12-14H,3-8,10-11,18H2,1-2H3. The largest absolute Gasteiger partial charge is 0.336 e. The second-order valence-electron chi connectivity index (χ2n) is 6.08. The minimum absolute atomic E-state index is 0.242. The van der Waals surface area contributed by atoms with E-state index in [9.17, 15) is 4.79 Å². The molecule has 4 heteroatoms. The predicted molar refractivity (Wildman–Crippen MR) is 89.5 cm³/mol. The Balaban J connectivity index is 1.89. The van der Waals surface area contributed by atoms with Crippen LogP contribution in [0.2, 0.25) is 0 Å². The molecule has 2 atom stereocenters. The molecule has 118 valence electrons. The zero-order chi connectivity index (χ0) is 15.2. The number of hydrogen-bond donors (Lipinski definition) is 1. The quantitative estimate of drug-likeness (QED) is 0.834. The number of rotatable bonds is 7. The number of fused-ring (bicyclic) bond motifs is 1. The van der Waals surface area contributed by atoms with Crippen LogP contribution < -0.4 is 5.73 Å². The van der Waals surface area contributed by atoms with Crippen LogP contribution >= 0.6 is 11.3 Å². The highest BCUT2D eigenvalue weighted by Crippen LogP contribution is 2.33. The Bertz CT molecular complexity index is 451. The van der Waals surface area contributed by atoms with Crippen molar-refractivity contribution in [3.8, 4) is 0 Å². The fraction of sp³-hybridized carbons (Fsp3) is 0.706. The van der Waals surface area contributed by atoms with Gasteiger partial charge in [0.05, 0.1) is 6.04 Å². The number of nitrogens with zero attached hydrogens (tertiary/aromatic N) is 1. The van der Waals surface area contributed by atoms with Gasteiger partial charge < -0.3 is 10.6 Å². The zero-order valence-corrected chi connectivity index (χ0v) is 14.1. The lowest BCUT2D eigenvalue weighted by Crippen LogP contribution is -2.38. The summed E-state index contributed by atoms with van der Waals surface area (Å²) in [5, 5.41) is 2.15. The molecule has 1 aliphatic heterocycles. The highest BCUT2D eigenvalue weighted by atomic mass is 32.1. The third kappa shape index (κ3) is 4.07. The molecule has 21 heavy (non-hydrogen) atoms. The lowest BCUT2D eigenvalue weighted by Gasteiger charge is -2.34. The predicted octanol–water partition coefficient (Wildman–Crippen LogP) is 3.74. The molecule has 0 aromatic carbocycles. The summed E-state index contributed by atoms with van der Waals surface area (Å²) in [6.45, 7) is 5.97.